The van der Waals surface area contributed by atoms with Crippen molar-refractivity contribution in [1.29, 1.82) is 0 Å². The van der Waals surface area contributed by atoms with Crippen molar-refractivity contribution in [2.24, 2.45) is 0 Å². The molecule has 0 aliphatic heterocycles. The molecule has 4 aromatic heterocycles. The molecule has 18 heavy (non-hydrogen) atoms. The van der Waals surface area contributed by atoms with Crippen LogP contribution in [-0.4, -0.2) is 24.9 Å². The molecule has 0 saturated heterocycles. The van der Waals surface area contributed by atoms with Gasteiger partial charge >= 0.3 is 0 Å². The van der Waals surface area contributed by atoms with E-state index in [2.05, 4.69) is 24.9 Å². The summed E-state index contributed by atoms with van der Waals surface area (Å²) in [5.74, 6) is 0. The van der Waals surface area contributed by atoms with E-state index >= 15 is 0 Å². The molecule has 4 aromatic rings. The van der Waals surface area contributed by atoms with Crippen LogP contribution in [-0.2, 0) is 0 Å². The first-order valence-electron chi connectivity index (χ1n) is 5.63. The lowest BCUT2D eigenvalue weighted by atomic mass is 10.1. The van der Waals surface area contributed by atoms with Crippen molar-refractivity contribution >= 4 is 22.1 Å². The van der Waals surface area contributed by atoms with Gasteiger partial charge in [-0.25, -0.2) is 9.97 Å². The predicted molar refractivity (Wildman–Crippen MR) is 69.0 cm³/mol. The topological polar surface area (TPSA) is 70.2 Å². The molecular formula is C13H9N5. The molecule has 0 aromatic carbocycles. The molecule has 5 nitrogen and oxygen atoms in total. The van der Waals surface area contributed by atoms with Crippen LogP contribution < -0.4 is 0 Å². The Kier molecular flexibility index (Phi) is 1.77. The Balaban J connectivity index is 2.00. The first kappa shape index (κ1) is 9.35. The number of hydrogen-bond acceptors (Lipinski definition) is 3. The van der Waals surface area contributed by atoms with Crippen LogP contribution in [0.1, 0.15) is 0 Å². The lowest BCUT2D eigenvalue weighted by molar-refractivity contribution is 1.27. The number of fused-ring (bicyclic) bond motifs is 2. The zero-order chi connectivity index (χ0) is 11.9. The molecule has 0 amide bonds. The Hall–Kier alpha value is -2.69. The normalized spacial score (nSPS) is 11.3. The van der Waals surface area contributed by atoms with Gasteiger partial charge in [0.15, 0.2) is 5.65 Å². The number of nitrogens with zero attached hydrogens (tertiary/aromatic N) is 3. The van der Waals surface area contributed by atoms with Crippen molar-refractivity contribution in [2.75, 3.05) is 0 Å². The number of H-pyrrole nitrogens is 2. The molecule has 0 aliphatic carbocycles. The highest BCUT2D eigenvalue weighted by atomic mass is 14.9. The Bertz CT molecular complexity index is 842. The van der Waals surface area contributed by atoms with Gasteiger partial charge in [-0.3, -0.25) is 4.98 Å². The predicted octanol–water partition coefficient (Wildman–Crippen LogP) is 2.50. The fraction of sp³-hybridized carbons (Fsp3) is 0. The van der Waals surface area contributed by atoms with Crippen LogP contribution in [0.4, 0.5) is 0 Å². The van der Waals surface area contributed by atoms with Gasteiger partial charge in [0, 0.05) is 29.5 Å². The first-order valence-corrected chi connectivity index (χ1v) is 5.63. The van der Waals surface area contributed by atoms with E-state index < -0.39 is 0 Å². The van der Waals surface area contributed by atoms with Gasteiger partial charge < -0.3 is 9.97 Å². The van der Waals surface area contributed by atoms with Gasteiger partial charge in [0.05, 0.1) is 23.6 Å². The van der Waals surface area contributed by atoms with Gasteiger partial charge in [-0.1, -0.05) is 0 Å². The second-order valence-electron chi connectivity index (χ2n) is 4.09. The van der Waals surface area contributed by atoms with Crippen molar-refractivity contribution < 1.29 is 0 Å². The number of pyridine rings is 1. The minimum atomic E-state index is 0.806. The SMILES string of the molecule is c1cc2c(-c3cnc4[nH]ccc4n3)c[nH]c2cn1. The van der Waals surface area contributed by atoms with Gasteiger partial charge in [-0.2, -0.15) is 0 Å². The molecule has 0 atom stereocenters. The van der Waals surface area contributed by atoms with Gasteiger partial charge in [-0.15, -0.1) is 0 Å². The van der Waals surface area contributed by atoms with Crippen LogP contribution >= 0.6 is 0 Å². The number of nitrogens with one attached hydrogen (secondary N) is 2. The summed E-state index contributed by atoms with van der Waals surface area (Å²) in [6, 6.07) is 3.90. The highest BCUT2D eigenvalue weighted by molar-refractivity contribution is 5.94. The largest absolute Gasteiger partial charge is 0.359 e. The fourth-order valence-corrected chi connectivity index (χ4v) is 2.14. The molecule has 86 valence electrons. The van der Waals surface area contributed by atoms with Crippen molar-refractivity contribution in [3.05, 3.63) is 43.1 Å². The average molecular weight is 235 g/mol. The first-order chi connectivity index (χ1) is 8.92. The molecule has 4 heterocycles. The lowest BCUT2D eigenvalue weighted by Gasteiger charge is -1.98. The zero-order valence-corrected chi connectivity index (χ0v) is 9.38. The van der Waals surface area contributed by atoms with E-state index in [9.17, 15) is 0 Å². The summed E-state index contributed by atoms with van der Waals surface area (Å²) in [4.78, 5) is 19.3. The molecule has 4 rings (SSSR count). The highest BCUT2D eigenvalue weighted by Gasteiger charge is 2.08. The molecule has 0 fully saturated rings. The summed E-state index contributed by atoms with van der Waals surface area (Å²) in [5.41, 5.74) is 4.59. The molecule has 0 unspecified atom stereocenters. The maximum atomic E-state index is 4.59. The smallest absolute Gasteiger partial charge is 0.156 e. The van der Waals surface area contributed by atoms with Crippen LogP contribution in [0.5, 0.6) is 0 Å². The molecule has 0 radical (unpaired) electrons. The zero-order valence-electron chi connectivity index (χ0n) is 9.38. The Morgan fingerprint density at radius 3 is 3.06 bits per heavy atom. The summed E-state index contributed by atoms with van der Waals surface area (Å²) in [5, 5.41) is 1.11. The number of rotatable bonds is 1. The molecule has 2 N–H and O–H groups in total. The van der Waals surface area contributed by atoms with Crippen molar-refractivity contribution in [2.45, 2.75) is 0 Å². The summed E-state index contributed by atoms with van der Waals surface area (Å²) in [6.45, 7) is 0. The van der Waals surface area contributed by atoms with Gasteiger partial charge in [0.1, 0.15) is 5.52 Å². The Labute approximate surface area is 102 Å². The van der Waals surface area contributed by atoms with E-state index in [0.717, 1.165) is 33.3 Å². The molecule has 0 bridgehead atoms. The minimum absolute atomic E-state index is 0.806. The Morgan fingerprint density at radius 2 is 2.06 bits per heavy atom. The van der Waals surface area contributed by atoms with E-state index in [4.69, 9.17) is 0 Å². The molecule has 0 spiro atoms. The standard InChI is InChI=1S/C13H9N5/c1-3-14-6-11-8(1)9(5-16-11)12-7-17-13-10(18-12)2-4-15-13/h1-7,16H,(H,15,17). The third kappa shape index (κ3) is 1.24. The van der Waals surface area contributed by atoms with E-state index in [1.807, 2.05) is 24.5 Å². The monoisotopic (exact) mass is 235 g/mol. The van der Waals surface area contributed by atoms with Gasteiger partial charge in [-0.05, 0) is 12.1 Å². The number of aromatic nitrogens is 5. The highest BCUT2D eigenvalue weighted by Crippen LogP contribution is 2.26. The van der Waals surface area contributed by atoms with E-state index in [1.54, 1.807) is 18.6 Å². The molecule has 0 saturated carbocycles. The molecule has 0 aliphatic rings. The third-order valence-electron chi connectivity index (χ3n) is 3.02. The van der Waals surface area contributed by atoms with Crippen molar-refractivity contribution in [3.8, 4) is 11.3 Å². The maximum absolute atomic E-state index is 4.59. The van der Waals surface area contributed by atoms with Gasteiger partial charge in [0.2, 0.25) is 0 Å². The summed E-state index contributed by atoms with van der Waals surface area (Å²) >= 11 is 0. The van der Waals surface area contributed by atoms with Crippen molar-refractivity contribution in [3.63, 3.8) is 0 Å². The van der Waals surface area contributed by atoms with Crippen LogP contribution in [0.2, 0.25) is 0 Å². The maximum Gasteiger partial charge on any atom is 0.156 e. The van der Waals surface area contributed by atoms with Gasteiger partial charge in [0.25, 0.3) is 0 Å². The number of aromatic amines is 2. The molecule has 5 heteroatoms. The van der Waals surface area contributed by atoms with E-state index in [-0.39, 0.29) is 0 Å². The van der Waals surface area contributed by atoms with Crippen molar-refractivity contribution in [1.82, 2.24) is 24.9 Å². The van der Waals surface area contributed by atoms with E-state index in [0.29, 0.717) is 0 Å². The minimum Gasteiger partial charge on any atom is -0.359 e. The van der Waals surface area contributed by atoms with Crippen LogP contribution in [0, 0.1) is 0 Å². The quantitative estimate of drug-likeness (QED) is 0.532. The third-order valence-corrected chi connectivity index (χ3v) is 3.02. The summed E-state index contributed by atoms with van der Waals surface area (Å²) in [6.07, 6.45) is 9.15. The second-order valence-corrected chi connectivity index (χ2v) is 4.09. The van der Waals surface area contributed by atoms with Crippen LogP contribution in [0.15, 0.2) is 43.1 Å². The average Bonchev–Trinajstić information content (AvgIpc) is 3.04. The number of hydrogen-bond donors (Lipinski definition) is 2. The van der Waals surface area contributed by atoms with Crippen LogP contribution in [0.25, 0.3) is 33.3 Å². The molecular weight excluding hydrogens is 226 g/mol. The lowest BCUT2D eigenvalue weighted by Crippen LogP contribution is -1.86. The fourth-order valence-electron chi connectivity index (χ4n) is 2.14. The van der Waals surface area contributed by atoms with Crippen LogP contribution in [0.3, 0.4) is 0 Å². The van der Waals surface area contributed by atoms with E-state index in [1.165, 1.54) is 0 Å². The Morgan fingerprint density at radius 1 is 1.06 bits per heavy atom. The summed E-state index contributed by atoms with van der Waals surface area (Å²) in [7, 11) is 0. The second kappa shape index (κ2) is 3.40. The summed E-state index contributed by atoms with van der Waals surface area (Å²) < 4.78 is 0.